The minimum Gasteiger partial charge on any atom is -0.319 e. The molecule has 2 rings (SSSR count). The fraction of sp³-hybridized carbons (Fsp3) is 1.00. The van der Waals surface area contributed by atoms with Gasteiger partial charge in [0.05, 0.1) is 25.2 Å². The topological polar surface area (TPSA) is 0 Å². The van der Waals surface area contributed by atoms with Crippen molar-refractivity contribution in [2.75, 3.05) is 13.1 Å². The monoisotopic (exact) mass is 182 g/mol. The lowest BCUT2D eigenvalue weighted by Gasteiger charge is -2.53. The average molecular weight is 182 g/mol. The summed E-state index contributed by atoms with van der Waals surface area (Å²) in [5.74, 6) is 0. The van der Waals surface area contributed by atoms with Crippen molar-refractivity contribution in [1.82, 2.24) is 0 Å². The van der Waals surface area contributed by atoms with E-state index in [4.69, 9.17) is 0 Å². The Bertz CT molecular complexity index is 158. The van der Waals surface area contributed by atoms with Gasteiger partial charge in [0.1, 0.15) is 0 Å². The van der Waals surface area contributed by atoms with Crippen molar-refractivity contribution >= 4 is 0 Å². The Morgan fingerprint density at radius 2 is 1.31 bits per heavy atom. The second-order valence-electron chi connectivity index (χ2n) is 5.24. The Morgan fingerprint density at radius 3 is 1.85 bits per heavy atom. The van der Waals surface area contributed by atoms with Crippen LogP contribution in [0, 0.1) is 0 Å². The minimum absolute atomic E-state index is 0.948. The van der Waals surface area contributed by atoms with Gasteiger partial charge in [0.2, 0.25) is 0 Å². The van der Waals surface area contributed by atoms with Crippen LogP contribution in [0.5, 0.6) is 0 Å². The molecule has 0 aromatic carbocycles. The average Bonchev–Trinajstić information content (AvgIpc) is 2.16. The number of nitrogens with zero attached hydrogens (tertiary/aromatic N) is 1. The molecule has 2 aliphatic heterocycles. The summed E-state index contributed by atoms with van der Waals surface area (Å²) in [4.78, 5) is 0. The first-order valence-corrected chi connectivity index (χ1v) is 6.12. The van der Waals surface area contributed by atoms with Gasteiger partial charge in [-0.2, -0.15) is 0 Å². The highest BCUT2D eigenvalue weighted by atomic mass is 15.4. The van der Waals surface area contributed by atoms with Gasteiger partial charge < -0.3 is 4.48 Å². The smallest absolute Gasteiger partial charge is 0.0863 e. The molecule has 2 unspecified atom stereocenters. The van der Waals surface area contributed by atoms with E-state index < -0.39 is 0 Å². The highest BCUT2D eigenvalue weighted by Gasteiger charge is 2.42. The van der Waals surface area contributed by atoms with Crippen LogP contribution in [0.25, 0.3) is 0 Å². The van der Waals surface area contributed by atoms with Gasteiger partial charge in [-0.25, -0.2) is 0 Å². The lowest BCUT2D eigenvalue weighted by molar-refractivity contribution is -0.978. The van der Waals surface area contributed by atoms with E-state index in [1.165, 1.54) is 56.1 Å². The van der Waals surface area contributed by atoms with Crippen LogP contribution in [-0.4, -0.2) is 29.7 Å². The maximum absolute atomic E-state index is 2.49. The molecule has 76 valence electrons. The fourth-order valence-corrected chi connectivity index (χ4v) is 3.64. The van der Waals surface area contributed by atoms with Crippen LogP contribution in [0.2, 0.25) is 0 Å². The van der Waals surface area contributed by atoms with Crippen molar-refractivity contribution in [2.24, 2.45) is 0 Å². The summed E-state index contributed by atoms with van der Waals surface area (Å²) in [6.07, 6.45) is 8.87. The van der Waals surface area contributed by atoms with E-state index in [-0.39, 0.29) is 0 Å². The molecular formula is C12H24N+. The molecule has 0 N–H and O–H groups in total. The Hall–Kier alpha value is -0.0400. The predicted molar refractivity (Wildman–Crippen MR) is 56.6 cm³/mol. The van der Waals surface area contributed by atoms with Gasteiger partial charge in [-0.15, -0.1) is 0 Å². The molecule has 0 aliphatic carbocycles. The molecule has 0 amide bonds. The number of hydrogen-bond acceptors (Lipinski definition) is 0. The highest BCUT2D eigenvalue weighted by Crippen LogP contribution is 2.34. The van der Waals surface area contributed by atoms with Gasteiger partial charge in [0, 0.05) is 0 Å². The van der Waals surface area contributed by atoms with Gasteiger partial charge in [0.25, 0.3) is 0 Å². The molecule has 0 aromatic heterocycles. The van der Waals surface area contributed by atoms with Crippen molar-refractivity contribution < 1.29 is 4.48 Å². The molecule has 0 saturated carbocycles. The Labute approximate surface area is 82.7 Å². The van der Waals surface area contributed by atoms with Crippen LogP contribution in [0.1, 0.15) is 52.4 Å². The van der Waals surface area contributed by atoms with E-state index in [1.54, 1.807) is 0 Å². The first kappa shape index (κ1) is 9.51. The molecule has 0 aromatic rings. The first-order chi connectivity index (χ1) is 6.26. The third kappa shape index (κ3) is 1.52. The lowest BCUT2D eigenvalue weighted by Crippen LogP contribution is -2.63. The summed E-state index contributed by atoms with van der Waals surface area (Å²) in [7, 11) is 0. The Balaban J connectivity index is 2.13. The number of rotatable bonds is 0. The molecule has 0 radical (unpaired) electrons. The molecular weight excluding hydrogens is 158 g/mol. The quantitative estimate of drug-likeness (QED) is 0.505. The zero-order valence-electron chi connectivity index (χ0n) is 9.26. The van der Waals surface area contributed by atoms with E-state index >= 15 is 0 Å². The summed E-state index contributed by atoms with van der Waals surface area (Å²) in [6, 6.07) is 1.90. The van der Waals surface area contributed by atoms with Gasteiger partial charge in [-0.3, -0.25) is 0 Å². The third-order valence-electron chi connectivity index (χ3n) is 4.65. The van der Waals surface area contributed by atoms with E-state index in [9.17, 15) is 0 Å². The zero-order chi connectivity index (χ0) is 9.31. The van der Waals surface area contributed by atoms with Crippen LogP contribution >= 0.6 is 0 Å². The standard InChI is InChI=1S/C12H24N/c1-11-7-6-8-12(2)13(11)9-4-3-5-10-13/h11-12H,3-10H2,1-2H3/q+1. The van der Waals surface area contributed by atoms with Crippen molar-refractivity contribution in [3.63, 3.8) is 0 Å². The number of piperidine rings is 2. The summed E-state index contributed by atoms with van der Waals surface area (Å²) >= 11 is 0. The molecule has 13 heavy (non-hydrogen) atoms. The molecule has 2 atom stereocenters. The largest absolute Gasteiger partial charge is 0.319 e. The van der Waals surface area contributed by atoms with Crippen LogP contribution in [0.4, 0.5) is 0 Å². The second-order valence-corrected chi connectivity index (χ2v) is 5.24. The van der Waals surface area contributed by atoms with E-state index in [2.05, 4.69) is 13.8 Å². The van der Waals surface area contributed by atoms with E-state index in [1.807, 2.05) is 0 Å². The molecule has 2 fully saturated rings. The van der Waals surface area contributed by atoms with Crippen LogP contribution in [0.15, 0.2) is 0 Å². The van der Waals surface area contributed by atoms with Crippen molar-refractivity contribution in [3.05, 3.63) is 0 Å². The first-order valence-electron chi connectivity index (χ1n) is 6.12. The number of hydrogen-bond donors (Lipinski definition) is 0. The Morgan fingerprint density at radius 1 is 0.769 bits per heavy atom. The molecule has 2 heterocycles. The summed E-state index contributed by atoms with van der Waals surface area (Å²) in [5, 5.41) is 0. The van der Waals surface area contributed by atoms with Gasteiger partial charge in [0.15, 0.2) is 0 Å². The van der Waals surface area contributed by atoms with Crippen LogP contribution < -0.4 is 0 Å². The summed E-state index contributed by atoms with van der Waals surface area (Å²) in [5.41, 5.74) is 0. The molecule has 2 saturated heterocycles. The molecule has 2 aliphatic rings. The van der Waals surface area contributed by atoms with Crippen molar-refractivity contribution in [2.45, 2.75) is 64.5 Å². The summed E-state index contributed by atoms with van der Waals surface area (Å²) < 4.78 is 1.47. The predicted octanol–water partition coefficient (Wildman–Crippen LogP) is 2.95. The minimum atomic E-state index is 0.948. The van der Waals surface area contributed by atoms with Crippen molar-refractivity contribution in [3.8, 4) is 0 Å². The molecule has 0 bridgehead atoms. The Kier molecular flexibility index (Phi) is 2.64. The maximum atomic E-state index is 2.49. The maximum Gasteiger partial charge on any atom is 0.0863 e. The van der Waals surface area contributed by atoms with Gasteiger partial charge in [-0.05, 0) is 52.4 Å². The molecule has 1 nitrogen and oxygen atoms in total. The van der Waals surface area contributed by atoms with Gasteiger partial charge in [-0.1, -0.05) is 0 Å². The van der Waals surface area contributed by atoms with Crippen LogP contribution in [0.3, 0.4) is 0 Å². The lowest BCUT2D eigenvalue weighted by atomic mass is 9.90. The fourth-order valence-electron chi connectivity index (χ4n) is 3.64. The normalized spacial score (nSPS) is 39.2. The SMILES string of the molecule is CC1CCCC(C)[N+]12CCCCC2. The van der Waals surface area contributed by atoms with E-state index in [0.29, 0.717) is 0 Å². The second kappa shape index (κ2) is 3.61. The van der Waals surface area contributed by atoms with Crippen molar-refractivity contribution in [1.29, 1.82) is 0 Å². The zero-order valence-corrected chi connectivity index (χ0v) is 9.26. The highest BCUT2D eigenvalue weighted by molar-refractivity contribution is 4.71. The van der Waals surface area contributed by atoms with Gasteiger partial charge >= 0.3 is 0 Å². The summed E-state index contributed by atoms with van der Waals surface area (Å²) in [6.45, 7) is 7.92. The number of quaternary nitrogens is 1. The third-order valence-corrected chi connectivity index (χ3v) is 4.65. The van der Waals surface area contributed by atoms with E-state index in [0.717, 1.165) is 12.1 Å². The van der Waals surface area contributed by atoms with Crippen LogP contribution in [-0.2, 0) is 0 Å². The molecule has 1 spiro atoms. The molecule has 1 heteroatoms.